The summed E-state index contributed by atoms with van der Waals surface area (Å²) in [4.78, 5) is 12.1. The summed E-state index contributed by atoms with van der Waals surface area (Å²) in [6, 6.07) is 11.8. The van der Waals surface area contributed by atoms with E-state index in [4.69, 9.17) is 4.74 Å². The van der Waals surface area contributed by atoms with E-state index >= 15 is 0 Å². The Morgan fingerprint density at radius 2 is 1.90 bits per heavy atom. The van der Waals surface area contributed by atoms with Crippen molar-refractivity contribution in [2.24, 2.45) is 7.05 Å². The fraction of sp³-hybridized carbons (Fsp3) is 0.211. The van der Waals surface area contributed by atoms with Crippen LogP contribution in [0.4, 0.5) is 18.9 Å². The fourth-order valence-electron chi connectivity index (χ4n) is 2.53. The van der Waals surface area contributed by atoms with Crippen LogP contribution in [0.25, 0.3) is 11.4 Å². The molecule has 0 saturated heterocycles. The van der Waals surface area contributed by atoms with Gasteiger partial charge < -0.3 is 14.6 Å². The van der Waals surface area contributed by atoms with Crippen molar-refractivity contribution < 1.29 is 22.7 Å². The van der Waals surface area contributed by atoms with E-state index in [0.717, 1.165) is 35.2 Å². The summed E-state index contributed by atoms with van der Waals surface area (Å²) in [5.74, 6) is 0.874. The first-order valence-electron chi connectivity index (χ1n) is 8.41. The Morgan fingerprint density at radius 3 is 2.55 bits per heavy atom. The average molecular weight is 422 g/mol. The molecule has 0 unspecified atom stereocenters. The lowest BCUT2D eigenvalue weighted by Gasteiger charge is -2.09. The van der Waals surface area contributed by atoms with Crippen LogP contribution in [0.2, 0.25) is 0 Å². The molecule has 0 aliphatic rings. The summed E-state index contributed by atoms with van der Waals surface area (Å²) in [6.07, 6.45) is -4.47. The van der Waals surface area contributed by atoms with Crippen LogP contribution >= 0.6 is 11.8 Å². The standard InChI is InChI=1S/C19H17F3N4O2S/c1-26-17(12-6-8-15(28-2)9-7-12)24-25-18(26)29-11-16(27)23-14-5-3-4-13(10-14)19(20,21)22/h3-10H,11H2,1-2H3,(H,23,27). The summed E-state index contributed by atoms with van der Waals surface area (Å²) in [6.45, 7) is 0. The van der Waals surface area contributed by atoms with E-state index in [1.165, 1.54) is 12.1 Å². The maximum absolute atomic E-state index is 12.8. The van der Waals surface area contributed by atoms with Crippen molar-refractivity contribution in [2.45, 2.75) is 11.3 Å². The van der Waals surface area contributed by atoms with Gasteiger partial charge in [0.25, 0.3) is 0 Å². The van der Waals surface area contributed by atoms with Gasteiger partial charge in [0.05, 0.1) is 18.4 Å². The monoisotopic (exact) mass is 422 g/mol. The van der Waals surface area contributed by atoms with E-state index in [9.17, 15) is 18.0 Å². The number of carbonyl (C=O) groups excluding carboxylic acids is 1. The van der Waals surface area contributed by atoms with Crippen LogP contribution in [0.1, 0.15) is 5.56 Å². The van der Waals surface area contributed by atoms with Crippen molar-refractivity contribution in [1.29, 1.82) is 0 Å². The Morgan fingerprint density at radius 1 is 1.17 bits per heavy atom. The van der Waals surface area contributed by atoms with Crippen molar-refractivity contribution in [3.8, 4) is 17.1 Å². The molecule has 0 aliphatic carbocycles. The van der Waals surface area contributed by atoms with Crippen molar-refractivity contribution in [2.75, 3.05) is 18.2 Å². The molecular formula is C19H17F3N4O2S. The number of hydrogen-bond acceptors (Lipinski definition) is 5. The molecule has 29 heavy (non-hydrogen) atoms. The number of hydrogen-bond donors (Lipinski definition) is 1. The smallest absolute Gasteiger partial charge is 0.416 e. The van der Waals surface area contributed by atoms with Gasteiger partial charge in [-0.2, -0.15) is 13.2 Å². The molecule has 3 rings (SSSR count). The zero-order valence-corrected chi connectivity index (χ0v) is 16.3. The first kappa shape index (κ1) is 20.7. The van der Waals surface area contributed by atoms with Crippen LogP contribution in [0.3, 0.4) is 0 Å². The van der Waals surface area contributed by atoms with Gasteiger partial charge in [0, 0.05) is 18.3 Å². The van der Waals surface area contributed by atoms with Crippen LogP contribution in [0, 0.1) is 0 Å². The minimum Gasteiger partial charge on any atom is -0.497 e. The summed E-state index contributed by atoms with van der Waals surface area (Å²) in [7, 11) is 3.35. The number of carbonyl (C=O) groups is 1. The molecule has 6 nitrogen and oxygen atoms in total. The molecule has 1 heterocycles. The van der Waals surface area contributed by atoms with E-state index in [-0.39, 0.29) is 11.4 Å². The van der Waals surface area contributed by atoms with E-state index < -0.39 is 17.6 Å². The third kappa shape index (κ3) is 5.08. The highest BCUT2D eigenvalue weighted by Crippen LogP contribution is 2.31. The van der Waals surface area contributed by atoms with Gasteiger partial charge in [0.2, 0.25) is 5.91 Å². The zero-order valence-electron chi connectivity index (χ0n) is 15.5. The van der Waals surface area contributed by atoms with Crippen LogP contribution in [0.15, 0.2) is 53.7 Å². The lowest BCUT2D eigenvalue weighted by atomic mass is 10.2. The molecule has 152 valence electrons. The summed E-state index contributed by atoms with van der Waals surface area (Å²) in [5.41, 5.74) is 0.101. The number of aromatic nitrogens is 3. The minimum atomic E-state index is -4.47. The van der Waals surface area contributed by atoms with Gasteiger partial charge in [-0.25, -0.2) is 0 Å². The molecule has 2 aromatic carbocycles. The zero-order chi connectivity index (χ0) is 21.0. The van der Waals surface area contributed by atoms with Gasteiger partial charge in [-0.05, 0) is 42.5 Å². The topological polar surface area (TPSA) is 69.0 Å². The molecule has 0 atom stereocenters. The molecule has 1 aromatic heterocycles. The van der Waals surface area contributed by atoms with Gasteiger partial charge >= 0.3 is 6.18 Å². The van der Waals surface area contributed by atoms with Crippen LogP contribution < -0.4 is 10.1 Å². The fourth-order valence-corrected chi connectivity index (χ4v) is 3.24. The maximum atomic E-state index is 12.8. The minimum absolute atomic E-state index is 0.0230. The quantitative estimate of drug-likeness (QED) is 0.602. The SMILES string of the molecule is COc1ccc(-c2nnc(SCC(=O)Nc3cccc(C(F)(F)F)c3)n2C)cc1. The highest BCUT2D eigenvalue weighted by atomic mass is 32.2. The number of halogens is 3. The Bertz CT molecular complexity index is 1000. The average Bonchev–Trinajstić information content (AvgIpc) is 3.06. The number of anilines is 1. The number of thioether (sulfide) groups is 1. The largest absolute Gasteiger partial charge is 0.497 e. The third-order valence-electron chi connectivity index (χ3n) is 3.99. The molecule has 1 amide bonds. The number of rotatable bonds is 6. The summed E-state index contributed by atoms with van der Waals surface area (Å²) >= 11 is 1.14. The number of methoxy groups -OCH3 is 1. The molecule has 0 spiro atoms. The normalized spacial score (nSPS) is 11.3. The maximum Gasteiger partial charge on any atom is 0.416 e. The molecular weight excluding hydrogens is 405 g/mol. The first-order chi connectivity index (χ1) is 13.8. The second-order valence-corrected chi connectivity index (χ2v) is 6.95. The summed E-state index contributed by atoms with van der Waals surface area (Å²) < 4.78 is 45.2. The lowest BCUT2D eigenvalue weighted by molar-refractivity contribution is -0.137. The summed E-state index contributed by atoms with van der Waals surface area (Å²) in [5, 5.41) is 11.2. The van der Waals surface area contributed by atoms with Gasteiger partial charge in [-0.3, -0.25) is 4.79 Å². The van der Waals surface area contributed by atoms with Gasteiger partial charge in [-0.1, -0.05) is 17.8 Å². The Labute approximate surface area is 169 Å². The Kier molecular flexibility index (Phi) is 6.12. The Balaban J connectivity index is 1.63. The van der Waals surface area contributed by atoms with Crippen molar-refractivity contribution in [3.05, 3.63) is 54.1 Å². The molecule has 0 aliphatic heterocycles. The number of ether oxygens (including phenoxy) is 1. The number of nitrogens with one attached hydrogen (secondary N) is 1. The number of alkyl halides is 3. The van der Waals surface area contributed by atoms with E-state index in [1.807, 2.05) is 12.1 Å². The number of amides is 1. The number of nitrogens with zero attached hydrogens (tertiary/aromatic N) is 3. The molecule has 1 N–H and O–H groups in total. The van der Waals surface area contributed by atoms with Gasteiger partial charge in [0.1, 0.15) is 5.75 Å². The highest BCUT2D eigenvalue weighted by Gasteiger charge is 2.30. The second-order valence-electron chi connectivity index (χ2n) is 6.01. The molecule has 0 fully saturated rings. The highest BCUT2D eigenvalue weighted by molar-refractivity contribution is 7.99. The van der Waals surface area contributed by atoms with Gasteiger partial charge in [0.15, 0.2) is 11.0 Å². The van der Waals surface area contributed by atoms with Crippen molar-refractivity contribution in [3.63, 3.8) is 0 Å². The molecule has 3 aromatic rings. The molecule has 0 bridgehead atoms. The molecule has 0 radical (unpaired) electrons. The van der Waals surface area contributed by atoms with Gasteiger partial charge in [-0.15, -0.1) is 10.2 Å². The molecule has 0 saturated carbocycles. The second kappa shape index (κ2) is 8.56. The van der Waals surface area contributed by atoms with Crippen molar-refractivity contribution >= 4 is 23.4 Å². The number of benzene rings is 2. The van der Waals surface area contributed by atoms with E-state index in [2.05, 4.69) is 15.5 Å². The molecule has 10 heteroatoms. The lowest BCUT2D eigenvalue weighted by Crippen LogP contribution is -2.15. The predicted molar refractivity (Wildman–Crippen MR) is 104 cm³/mol. The van der Waals surface area contributed by atoms with Crippen LogP contribution in [-0.4, -0.2) is 33.5 Å². The van der Waals surface area contributed by atoms with E-state index in [0.29, 0.717) is 11.0 Å². The Hall–Kier alpha value is -3.01. The van der Waals surface area contributed by atoms with Crippen LogP contribution in [-0.2, 0) is 18.0 Å². The van der Waals surface area contributed by atoms with Crippen LogP contribution in [0.5, 0.6) is 5.75 Å². The predicted octanol–water partition coefficient (Wildman–Crippen LogP) is 4.24. The first-order valence-corrected chi connectivity index (χ1v) is 9.40. The van der Waals surface area contributed by atoms with E-state index in [1.54, 1.807) is 30.9 Å². The van der Waals surface area contributed by atoms with Crippen molar-refractivity contribution in [1.82, 2.24) is 14.8 Å². The third-order valence-corrected chi connectivity index (χ3v) is 5.01.